The van der Waals surface area contributed by atoms with E-state index in [1.807, 2.05) is 30.4 Å². The maximum absolute atomic E-state index is 11.9. The Hall–Kier alpha value is -1.31. The molecule has 0 spiro atoms. The average Bonchev–Trinajstić information content (AvgIpc) is 2.57. The van der Waals surface area contributed by atoms with Crippen LogP contribution in [0.4, 0.5) is 0 Å². The van der Waals surface area contributed by atoms with Gasteiger partial charge >= 0.3 is 154 Å². The molecule has 0 aromatic heterocycles. The summed E-state index contributed by atoms with van der Waals surface area (Å²) in [7, 11) is 0. The van der Waals surface area contributed by atoms with Crippen molar-refractivity contribution in [2.75, 3.05) is 4.43 Å². The zero-order chi connectivity index (χ0) is 17.6. The van der Waals surface area contributed by atoms with Gasteiger partial charge in [0.15, 0.2) is 0 Å². The number of Topliss-reactive ketones (excluding diaryl/α,β-unsaturated/α-hetero) is 2. The van der Waals surface area contributed by atoms with Crippen molar-refractivity contribution in [1.29, 1.82) is 0 Å². The fraction of sp³-hybridized carbons (Fsp3) is 0.368. The molecule has 4 N–H and O–H groups in total. The van der Waals surface area contributed by atoms with Gasteiger partial charge in [0.25, 0.3) is 0 Å². The third-order valence-corrected chi connectivity index (χ3v) is 7.72. The van der Waals surface area contributed by atoms with Crippen molar-refractivity contribution in [1.82, 2.24) is 0 Å². The van der Waals surface area contributed by atoms with Crippen LogP contribution in [-0.4, -0.2) is 31.5 Å². The van der Waals surface area contributed by atoms with Gasteiger partial charge in [0, 0.05) is 0 Å². The number of rotatable bonds is 3. The van der Waals surface area contributed by atoms with E-state index in [4.69, 9.17) is 11.5 Å². The van der Waals surface area contributed by atoms with E-state index in [-0.39, 0.29) is 49.5 Å². The normalized spacial score (nSPS) is 37.4. The Bertz CT molecular complexity index is 646. The molecule has 24 heavy (non-hydrogen) atoms. The van der Waals surface area contributed by atoms with Crippen LogP contribution in [0.1, 0.15) is 19.8 Å². The number of nitrogens with two attached hydrogens (primary N) is 2. The van der Waals surface area contributed by atoms with Gasteiger partial charge in [-0.05, 0) is 0 Å². The predicted octanol–water partition coefficient (Wildman–Crippen LogP) is -1.41. The van der Waals surface area contributed by atoms with Crippen molar-refractivity contribution in [2.24, 2.45) is 11.5 Å². The molecule has 0 aliphatic heterocycles. The number of carbonyl (C=O) groups is 2. The molecular weight excluding hydrogens is 415 g/mol. The third kappa shape index (κ3) is 5.36. The molecule has 2 aliphatic rings. The standard InChI is InChI=1S/C19H24IN2O2/c1-14-7-3-2-4-9-15(10-6-5-8-14)20-13-19(22)12-16(23)11-17(24)18(19)21/h2-10,15,18H,11-13,21-22H2,1H3/q-1/b3-2-,8-5-,9-4-,10-6?,14-7-/t15?,18?,19-/m1/s1. The number of ketones is 2. The van der Waals surface area contributed by atoms with Gasteiger partial charge in [-0.25, -0.2) is 0 Å². The first-order valence-electron chi connectivity index (χ1n) is 7.94. The molecule has 0 bridgehead atoms. The second kappa shape index (κ2) is 8.69. The fourth-order valence-corrected chi connectivity index (χ4v) is 5.71. The summed E-state index contributed by atoms with van der Waals surface area (Å²) in [5.41, 5.74) is 12.6. The Morgan fingerprint density at radius 2 is 1.88 bits per heavy atom. The summed E-state index contributed by atoms with van der Waals surface area (Å²) in [6, 6.07) is -0.725. The SMILES string of the molecule is CC1=C/C=C\C=C/C([I-]C[C@]2(N)CC(=O)CC(=O)C2N)C=C/C=C\1. The van der Waals surface area contributed by atoms with Crippen LogP contribution in [0.3, 0.4) is 0 Å². The predicted molar refractivity (Wildman–Crippen MR) is 93.1 cm³/mol. The number of alkyl halides is 2. The Balaban J connectivity index is 2.06. The van der Waals surface area contributed by atoms with Crippen molar-refractivity contribution in [2.45, 2.75) is 35.3 Å². The summed E-state index contributed by atoms with van der Waals surface area (Å²) in [5.74, 6) is -0.312. The van der Waals surface area contributed by atoms with Crippen LogP contribution in [0.15, 0.2) is 60.3 Å². The van der Waals surface area contributed by atoms with Gasteiger partial charge in [0.2, 0.25) is 0 Å². The second-order valence-corrected chi connectivity index (χ2v) is 9.31. The summed E-state index contributed by atoms with van der Waals surface area (Å²) in [6.07, 6.45) is 18.7. The van der Waals surface area contributed by atoms with Gasteiger partial charge < -0.3 is 0 Å². The van der Waals surface area contributed by atoms with Crippen LogP contribution in [0.2, 0.25) is 0 Å². The van der Waals surface area contributed by atoms with E-state index in [2.05, 4.69) is 31.2 Å². The molecule has 0 aromatic rings. The minimum absolute atomic E-state index is 0.0659. The van der Waals surface area contributed by atoms with E-state index in [1.54, 1.807) is 0 Å². The summed E-state index contributed by atoms with van der Waals surface area (Å²) >= 11 is -0.376. The number of allylic oxidation sites excluding steroid dienone is 10. The van der Waals surface area contributed by atoms with E-state index < -0.39 is 11.6 Å². The van der Waals surface area contributed by atoms with Crippen molar-refractivity contribution >= 4 is 11.6 Å². The monoisotopic (exact) mass is 439 g/mol. The molecule has 1 fully saturated rings. The summed E-state index contributed by atoms with van der Waals surface area (Å²) < 4.78 is 0.936. The number of carbonyl (C=O) groups excluding carboxylic acids is 2. The Labute approximate surface area is 153 Å². The molecule has 0 aromatic carbocycles. The van der Waals surface area contributed by atoms with Crippen LogP contribution >= 0.6 is 0 Å². The minimum atomic E-state index is -0.878. The number of hydrogen-bond acceptors (Lipinski definition) is 4. The Morgan fingerprint density at radius 1 is 1.17 bits per heavy atom. The maximum atomic E-state index is 11.9. The van der Waals surface area contributed by atoms with Crippen molar-refractivity contribution < 1.29 is 30.8 Å². The van der Waals surface area contributed by atoms with Crippen LogP contribution < -0.4 is 32.7 Å². The topological polar surface area (TPSA) is 86.2 Å². The fourth-order valence-electron chi connectivity index (χ4n) is 2.57. The molecule has 4 nitrogen and oxygen atoms in total. The van der Waals surface area contributed by atoms with Crippen LogP contribution in [0, 0.1) is 0 Å². The number of hydrogen-bond donors (Lipinski definition) is 2. The molecule has 0 amide bonds. The quantitative estimate of drug-likeness (QED) is 0.322. The average molecular weight is 439 g/mol. The van der Waals surface area contributed by atoms with Gasteiger partial charge in [-0.2, -0.15) is 0 Å². The first kappa shape index (κ1) is 19.0. The molecule has 2 aliphatic carbocycles. The molecule has 0 radical (unpaired) electrons. The van der Waals surface area contributed by atoms with Gasteiger partial charge in [0.1, 0.15) is 0 Å². The summed E-state index contributed by atoms with van der Waals surface area (Å²) in [5, 5.41) is 0. The molecule has 0 saturated heterocycles. The van der Waals surface area contributed by atoms with E-state index in [1.165, 1.54) is 5.57 Å². The molecule has 3 atom stereocenters. The molecule has 1 saturated carbocycles. The molecule has 2 unspecified atom stereocenters. The zero-order valence-electron chi connectivity index (χ0n) is 13.8. The van der Waals surface area contributed by atoms with Crippen molar-refractivity contribution in [3.8, 4) is 0 Å². The first-order valence-corrected chi connectivity index (χ1v) is 10.7. The molecule has 2 rings (SSSR count). The second-order valence-electron chi connectivity index (χ2n) is 6.23. The molecular formula is C19H24IN2O2-. The van der Waals surface area contributed by atoms with Gasteiger partial charge in [-0.15, -0.1) is 0 Å². The zero-order valence-corrected chi connectivity index (χ0v) is 16.0. The van der Waals surface area contributed by atoms with Crippen molar-refractivity contribution in [3.63, 3.8) is 0 Å². The van der Waals surface area contributed by atoms with E-state index in [9.17, 15) is 9.59 Å². The van der Waals surface area contributed by atoms with Crippen LogP contribution in [-0.2, 0) is 9.59 Å². The molecule has 130 valence electrons. The van der Waals surface area contributed by atoms with Crippen LogP contribution in [0.5, 0.6) is 0 Å². The van der Waals surface area contributed by atoms with Gasteiger partial charge in [-0.3, -0.25) is 0 Å². The van der Waals surface area contributed by atoms with E-state index in [0.29, 0.717) is 4.43 Å². The summed E-state index contributed by atoms with van der Waals surface area (Å²) in [4.78, 5) is 23.6. The molecule has 0 heterocycles. The first-order chi connectivity index (χ1) is 11.4. The third-order valence-electron chi connectivity index (χ3n) is 4.01. The van der Waals surface area contributed by atoms with Crippen molar-refractivity contribution in [3.05, 3.63) is 60.3 Å². The summed E-state index contributed by atoms with van der Waals surface area (Å²) in [6.45, 7) is 2.05. The van der Waals surface area contributed by atoms with E-state index >= 15 is 0 Å². The Kier molecular flexibility index (Phi) is 6.89. The van der Waals surface area contributed by atoms with E-state index in [0.717, 1.165) is 0 Å². The van der Waals surface area contributed by atoms with Gasteiger partial charge in [-0.1, -0.05) is 0 Å². The van der Waals surface area contributed by atoms with Gasteiger partial charge in [0.05, 0.1) is 0 Å². The Morgan fingerprint density at radius 3 is 2.62 bits per heavy atom. The molecule has 5 heteroatoms. The number of halogens is 1. The van der Waals surface area contributed by atoms with Crippen LogP contribution in [0.25, 0.3) is 0 Å².